The SMILES string of the molecule is Cc1ccc(C(=O)Nc2ccc(Br)c(C)n2)cc1. The zero-order chi connectivity index (χ0) is 13.1. The number of halogens is 1. The van der Waals surface area contributed by atoms with E-state index < -0.39 is 0 Å². The van der Waals surface area contributed by atoms with E-state index in [-0.39, 0.29) is 5.91 Å². The number of benzene rings is 1. The molecule has 1 aromatic heterocycles. The number of hydrogen-bond donors (Lipinski definition) is 1. The summed E-state index contributed by atoms with van der Waals surface area (Å²) in [6.45, 7) is 3.87. The van der Waals surface area contributed by atoms with Gasteiger partial charge in [0.1, 0.15) is 5.82 Å². The normalized spacial score (nSPS) is 10.2. The molecule has 1 amide bonds. The third kappa shape index (κ3) is 2.96. The Morgan fingerprint density at radius 2 is 1.78 bits per heavy atom. The van der Waals surface area contributed by atoms with Gasteiger partial charge in [0.2, 0.25) is 0 Å². The minimum absolute atomic E-state index is 0.149. The van der Waals surface area contributed by atoms with Crippen LogP contribution in [0.3, 0.4) is 0 Å². The Bertz CT molecular complexity index is 579. The first-order chi connectivity index (χ1) is 8.56. The summed E-state index contributed by atoms with van der Waals surface area (Å²) in [7, 11) is 0. The van der Waals surface area contributed by atoms with Crippen LogP contribution in [0.25, 0.3) is 0 Å². The van der Waals surface area contributed by atoms with Crippen molar-refractivity contribution in [3.63, 3.8) is 0 Å². The standard InChI is InChI=1S/C14H13BrN2O/c1-9-3-5-11(6-4-9)14(18)17-13-8-7-12(15)10(2)16-13/h3-8H,1-2H3,(H,16,17,18). The first kappa shape index (κ1) is 12.8. The van der Waals surface area contributed by atoms with Gasteiger partial charge in [0.15, 0.2) is 0 Å². The highest BCUT2D eigenvalue weighted by Gasteiger charge is 2.07. The highest BCUT2D eigenvalue weighted by atomic mass is 79.9. The molecule has 0 aliphatic rings. The lowest BCUT2D eigenvalue weighted by Gasteiger charge is -2.06. The second kappa shape index (κ2) is 5.31. The second-order valence-electron chi connectivity index (χ2n) is 4.08. The zero-order valence-electron chi connectivity index (χ0n) is 10.2. The van der Waals surface area contributed by atoms with E-state index in [9.17, 15) is 4.79 Å². The van der Waals surface area contributed by atoms with E-state index in [0.29, 0.717) is 11.4 Å². The van der Waals surface area contributed by atoms with Crippen molar-refractivity contribution in [1.29, 1.82) is 0 Å². The molecule has 0 saturated carbocycles. The topological polar surface area (TPSA) is 42.0 Å². The lowest BCUT2D eigenvalue weighted by molar-refractivity contribution is 0.102. The Balaban J connectivity index is 2.16. The Morgan fingerprint density at radius 3 is 2.39 bits per heavy atom. The third-order valence-electron chi connectivity index (χ3n) is 2.58. The van der Waals surface area contributed by atoms with Crippen LogP contribution in [0.15, 0.2) is 40.9 Å². The molecule has 2 rings (SSSR count). The average molecular weight is 305 g/mol. The number of nitrogens with zero attached hydrogens (tertiary/aromatic N) is 1. The average Bonchev–Trinajstić information content (AvgIpc) is 2.34. The molecule has 0 spiro atoms. The summed E-state index contributed by atoms with van der Waals surface area (Å²) in [6.07, 6.45) is 0. The molecule has 0 saturated heterocycles. The fourth-order valence-corrected chi connectivity index (χ4v) is 1.73. The molecule has 0 radical (unpaired) electrons. The molecule has 0 unspecified atom stereocenters. The molecule has 2 aromatic rings. The van der Waals surface area contributed by atoms with E-state index in [2.05, 4.69) is 26.2 Å². The summed E-state index contributed by atoms with van der Waals surface area (Å²) in [4.78, 5) is 16.2. The molecular formula is C14H13BrN2O. The highest BCUT2D eigenvalue weighted by Crippen LogP contribution is 2.16. The summed E-state index contributed by atoms with van der Waals surface area (Å²) in [5.41, 5.74) is 2.60. The molecule has 18 heavy (non-hydrogen) atoms. The van der Waals surface area contributed by atoms with Crippen molar-refractivity contribution in [2.24, 2.45) is 0 Å². The van der Waals surface area contributed by atoms with E-state index in [1.54, 1.807) is 18.2 Å². The first-order valence-electron chi connectivity index (χ1n) is 5.57. The van der Waals surface area contributed by atoms with Crippen LogP contribution >= 0.6 is 15.9 Å². The van der Waals surface area contributed by atoms with Gasteiger partial charge in [0.25, 0.3) is 5.91 Å². The van der Waals surface area contributed by atoms with E-state index in [0.717, 1.165) is 15.7 Å². The predicted molar refractivity (Wildman–Crippen MR) is 75.8 cm³/mol. The molecule has 0 bridgehead atoms. The van der Waals surface area contributed by atoms with Crippen LogP contribution in [-0.2, 0) is 0 Å². The number of amides is 1. The Kier molecular flexibility index (Phi) is 3.77. The van der Waals surface area contributed by atoms with Crippen LogP contribution in [0.5, 0.6) is 0 Å². The fourth-order valence-electron chi connectivity index (χ4n) is 1.51. The maximum absolute atomic E-state index is 12.0. The third-order valence-corrected chi connectivity index (χ3v) is 3.41. The van der Waals surface area contributed by atoms with E-state index in [1.165, 1.54) is 0 Å². The number of pyridine rings is 1. The van der Waals surface area contributed by atoms with Crippen LogP contribution in [-0.4, -0.2) is 10.9 Å². The lowest BCUT2D eigenvalue weighted by atomic mass is 10.1. The monoisotopic (exact) mass is 304 g/mol. The maximum Gasteiger partial charge on any atom is 0.256 e. The lowest BCUT2D eigenvalue weighted by Crippen LogP contribution is -2.13. The first-order valence-corrected chi connectivity index (χ1v) is 6.37. The summed E-state index contributed by atoms with van der Waals surface area (Å²) in [5, 5.41) is 2.77. The van der Waals surface area contributed by atoms with Crippen molar-refractivity contribution in [2.75, 3.05) is 5.32 Å². The number of carbonyl (C=O) groups is 1. The van der Waals surface area contributed by atoms with Gasteiger partial charge in [0, 0.05) is 10.0 Å². The maximum atomic E-state index is 12.0. The minimum Gasteiger partial charge on any atom is -0.307 e. The van der Waals surface area contributed by atoms with Gasteiger partial charge in [-0.3, -0.25) is 4.79 Å². The molecule has 4 heteroatoms. The Morgan fingerprint density at radius 1 is 1.11 bits per heavy atom. The van der Waals surface area contributed by atoms with E-state index in [1.807, 2.05) is 32.0 Å². The Labute approximate surface area is 114 Å². The molecule has 0 aliphatic heterocycles. The Hall–Kier alpha value is -1.68. The molecule has 0 fully saturated rings. The molecular weight excluding hydrogens is 292 g/mol. The quantitative estimate of drug-likeness (QED) is 0.919. The van der Waals surface area contributed by atoms with Gasteiger partial charge in [-0.15, -0.1) is 0 Å². The molecule has 3 nitrogen and oxygen atoms in total. The molecule has 1 heterocycles. The van der Waals surface area contributed by atoms with Gasteiger partial charge in [-0.1, -0.05) is 17.7 Å². The molecule has 92 valence electrons. The predicted octanol–water partition coefficient (Wildman–Crippen LogP) is 3.71. The van der Waals surface area contributed by atoms with Crippen LogP contribution < -0.4 is 5.32 Å². The molecule has 1 aromatic carbocycles. The van der Waals surface area contributed by atoms with E-state index in [4.69, 9.17) is 0 Å². The van der Waals surface area contributed by atoms with Gasteiger partial charge in [-0.25, -0.2) is 4.98 Å². The van der Waals surface area contributed by atoms with Crippen LogP contribution in [0, 0.1) is 13.8 Å². The van der Waals surface area contributed by atoms with Crippen LogP contribution in [0.1, 0.15) is 21.6 Å². The van der Waals surface area contributed by atoms with Crippen molar-refractivity contribution in [1.82, 2.24) is 4.98 Å². The van der Waals surface area contributed by atoms with Crippen molar-refractivity contribution in [3.05, 3.63) is 57.7 Å². The van der Waals surface area contributed by atoms with Gasteiger partial charge in [0.05, 0.1) is 5.69 Å². The van der Waals surface area contributed by atoms with Gasteiger partial charge in [-0.2, -0.15) is 0 Å². The second-order valence-corrected chi connectivity index (χ2v) is 4.94. The van der Waals surface area contributed by atoms with Crippen molar-refractivity contribution in [3.8, 4) is 0 Å². The summed E-state index contributed by atoms with van der Waals surface area (Å²) >= 11 is 3.37. The number of hydrogen-bond acceptors (Lipinski definition) is 2. The smallest absolute Gasteiger partial charge is 0.256 e. The summed E-state index contributed by atoms with van der Waals surface area (Å²) < 4.78 is 0.927. The fraction of sp³-hybridized carbons (Fsp3) is 0.143. The van der Waals surface area contributed by atoms with Crippen LogP contribution in [0.2, 0.25) is 0 Å². The highest BCUT2D eigenvalue weighted by molar-refractivity contribution is 9.10. The largest absolute Gasteiger partial charge is 0.307 e. The van der Waals surface area contributed by atoms with Gasteiger partial charge < -0.3 is 5.32 Å². The summed E-state index contributed by atoms with van der Waals surface area (Å²) in [5.74, 6) is 0.408. The number of rotatable bonds is 2. The van der Waals surface area contributed by atoms with Crippen molar-refractivity contribution < 1.29 is 4.79 Å². The molecule has 1 N–H and O–H groups in total. The molecule has 0 atom stereocenters. The molecule has 0 aliphatic carbocycles. The number of aryl methyl sites for hydroxylation is 2. The van der Waals surface area contributed by atoms with Crippen molar-refractivity contribution in [2.45, 2.75) is 13.8 Å². The zero-order valence-corrected chi connectivity index (χ0v) is 11.8. The van der Waals surface area contributed by atoms with E-state index >= 15 is 0 Å². The number of carbonyl (C=O) groups excluding carboxylic acids is 1. The summed E-state index contributed by atoms with van der Waals surface area (Å²) in [6, 6.07) is 11.1. The van der Waals surface area contributed by atoms with Gasteiger partial charge in [-0.05, 0) is 54.0 Å². The number of anilines is 1. The van der Waals surface area contributed by atoms with Gasteiger partial charge >= 0.3 is 0 Å². The van der Waals surface area contributed by atoms with Crippen LogP contribution in [0.4, 0.5) is 5.82 Å². The minimum atomic E-state index is -0.149. The number of nitrogens with one attached hydrogen (secondary N) is 1. The van der Waals surface area contributed by atoms with Crippen molar-refractivity contribution >= 4 is 27.7 Å². The number of aromatic nitrogens is 1.